The van der Waals surface area contributed by atoms with Crippen LogP contribution in [0.1, 0.15) is 38.2 Å². The lowest BCUT2D eigenvalue weighted by molar-refractivity contribution is -0.134. The molecule has 1 saturated carbocycles. The van der Waals surface area contributed by atoms with E-state index < -0.39 is 5.97 Å². The van der Waals surface area contributed by atoms with Crippen molar-refractivity contribution in [2.45, 2.75) is 51.4 Å². The van der Waals surface area contributed by atoms with Crippen LogP contribution in [-0.2, 0) is 16.1 Å². The average Bonchev–Trinajstić information content (AvgIpc) is 3.12. The van der Waals surface area contributed by atoms with E-state index in [1.165, 1.54) is 12.8 Å². The highest BCUT2D eigenvalue weighted by molar-refractivity contribution is 5.75. The molecule has 28 heavy (non-hydrogen) atoms. The van der Waals surface area contributed by atoms with Gasteiger partial charge in [-0.15, -0.1) is 0 Å². The molecule has 3 aromatic rings. The Kier molecular flexibility index (Phi) is 6.79. The number of ether oxygens (including phenoxy) is 1. The predicted molar refractivity (Wildman–Crippen MR) is 108 cm³/mol. The zero-order chi connectivity index (χ0) is 19.9. The first-order chi connectivity index (χ1) is 13.5. The number of para-hydroxylation sites is 2. The number of aromatic nitrogens is 1. The first-order valence-electron chi connectivity index (χ1n) is 9.54. The van der Waals surface area contributed by atoms with Gasteiger partial charge >= 0.3 is 0 Å². The van der Waals surface area contributed by atoms with Crippen LogP contribution in [0.15, 0.2) is 52.9 Å². The number of carboxylic acids is 1. The topological polar surface area (TPSA) is 98.6 Å². The van der Waals surface area contributed by atoms with E-state index >= 15 is 0 Å². The zero-order valence-corrected chi connectivity index (χ0v) is 16.0. The third-order valence-corrected chi connectivity index (χ3v) is 4.71. The van der Waals surface area contributed by atoms with Crippen LogP contribution in [0, 0.1) is 0 Å². The van der Waals surface area contributed by atoms with Crippen LogP contribution in [0.2, 0.25) is 0 Å². The maximum absolute atomic E-state index is 9.00. The van der Waals surface area contributed by atoms with Crippen LogP contribution in [0.4, 0.5) is 0 Å². The summed E-state index contributed by atoms with van der Waals surface area (Å²) in [5, 5.41) is 7.42. The molecule has 2 aromatic carbocycles. The first-order valence-corrected chi connectivity index (χ1v) is 9.54. The van der Waals surface area contributed by atoms with Gasteiger partial charge < -0.3 is 20.0 Å². The standard InChI is InChI=1S/C20H22N2O2.C2H4O2/c21-16-5-1-3-7-18(16)23-13-14-9-11-15(12-10-14)20-22-17-6-2-4-8-19(17)24-20;1-2(3)4/h2,4,6,8-12,16,18H,1,3,5,7,13,21H2;1H3,(H,3,4)/t16-,18-;/m1./s1. The van der Waals surface area contributed by atoms with E-state index in [2.05, 4.69) is 17.1 Å². The number of carboxylic acid groups (broad SMARTS) is 1. The van der Waals surface area contributed by atoms with Crippen molar-refractivity contribution in [1.82, 2.24) is 4.98 Å². The van der Waals surface area contributed by atoms with Gasteiger partial charge in [-0.05, 0) is 42.7 Å². The van der Waals surface area contributed by atoms with Crippen LogP contribution in [0.5, 0.6) is 0 Å². The molecule has 0 spiro atoms. The van der Waals surface area contributed by atoms with E-state index in [4.69, 9.17) is 24.8 Å². The molecule has 148 valence electrons. The van der Waals surface area contributed by atoms with Gasteiger partial charge in [0.15, 0.2) is 5.58 Å². The molecule has 0 radical (unpaired) electrons. The number of hydrogen-bond acceptors (Lipinski definition) is 5. The maximum atomic E-state index is 9.00. The summed E-state index contributed by atoms with van der Waals surface area (Å²) >= 11 is 0. The minimum absolute atomic E-state index is 0.178. The van der Waals surface area contributed by atoms with E-state index in [1.807, 2.05) is 36.4 Å². The van der Waals surface area contributed by atoms with E-state index in [-0.39, 0.29) is 12.1 Å². The molecule has 1 aliphatic carbocycles. The van der Waals surface area contributed by atoms with E-state index in [1.54, 1.807) is 0 Å². The predicted octanol–water partition coefficient (Wildman–Crippen LogP) is 4.37. The van der Waals surface area contributed by atoms with Crippen molar-refractivity contribution in [3.05, 3.63) is 54.1 Å². The van der Waals surface area contributed by atoms with Crippen LogP contribution in [0.3, 0.4) is 0 Å². The molecule has 0 saturated heterocycles. The van der Waals surface area contributed by atoms with Crippen molar-refractivity contribution in [2.24, 2.45) is 5.73 Å². The number of nitrogens with two attached hydrogens (primary N) is 1. The number of oxazole rings is 1. The van der Waals surface area contributed by atoms with Crippen molar-refractivity contribution in [1.29, 1.82) is 0 Å². The smallest absolute Gasteiger partial charge is 0.300 e. The zero-order valence-electron chi connectivity index (χ0n) is 16.0. The van der Waals surface area contributed by atoms with E-state index in [9.17, 15) is 0 Å². The molecular formula is C22H26N2O4. The highest BCUT2D eigenvalue weighted by Gasteiger charge is 2.22. The number of rotatable bonds is 4. The number of carbonyl (C=O) groups is 1. The van der Waals surface area contributed by atoms with Crippen molar-refractivity contribution in [3.63, 3.8) is 0 Å². The van der Waals surface area contributed by atoms with Gasteiger partial charge in [-0.2, -0.15) is 0 Å². The summed E-state index contributed by atoms with van der Waals surface area (Å²) in [4.78, 5) is 13.5. The van der Waals surface area contributed by atoms with Crippen LogP contribution >= 0.6 is 0 Å². The summed E-state index contributed by atoms with van der Waals surface area (Å²) in [6.45, 7) is 1.69. The third kappa shape index (κ3) is 5.41. The molecular weight excluding hydrogens is 356 g/mol. The Morgan fingerprint density at radius 2 is 1.86 bits per heavy atom. The van der Waals surface area contributed by atoms with E-state index in [0.717, 1.165) is 42.0 Å². The van der Waals surface area contributed by atoms with E-state index in [0.29, 0.717) is 12.5 Å². The van der Waals surface area contributed by atoms with Gasteiger partial charge in [-0.3, -0.25) is 4.79 Å². The Hall–Kier alpha value is -2.70. The summed E-state index contributed by atoms with van der Waals surface area (Å²) in [6.07, 6.45) is 4.77. The lowest BCUT2D eigenvalue weighted by Gasteiger charge is -2.28. The highest BCUT2D eigenvalue weighted by Crippen LogP contribution is 2.25. The number of aliphatic carboxylic acids is 1. The van der Waals surface area contributed by atoms with Gasteiger partial charge in [0.2, 0.25) is 5.89 Å². The van der Waals surface area contributed by atoms with Crippen molar-refractivity contribution in [3.8, 4) is 11.5 Å². The fourth-order valence-corrected chi connectivity index (χ4v) is 3.27. The molecule has 0 aliphatic heterocycles. The second kappa shape index (κ2) is 9.48. The largest absolute Gasteiger partial charge is 0.481 e. The summed E-state index contributed by atoms with van der Waals surface area (Å²) in [6, 6.07) is 16.2. The Morgan fingerprint density at radius 1 is 1.18 bits per heavy atom. The van der Waals surface area contributed by atoms with Crippen molar-refractivity contribution < 1.29 is 19.1 Å². The molecule has 6 nitrogen and oxygen atoms in total. The molecule has 1 heterocycles. The quantitative estimate of drug-likeness (QED) is 0.695. The number of fused-ring (bicyclic) bond motifs is 1. The lowest BCUT2D eigenvalue weighted by atomic mass is 9.93. The minimum Gasteiger partial charge on any atom is -0.481 e. The average molecular weight is 382 g/mol. The minimum atomic E-state index is -0.833. The van der Waals surface area contributed by atoms with Crippen molar-refractivity contribution in [2.75, 3.05) is 0 Å². The Bertz CT molecular complexity index is 867. The molecule has 1 aliphatic rings. The molecule has 4 rings (SSSR count). The fourth-order valence-electron chi connectivity index (χ4n) is 3.27. The second-order valence-corrected chi connectivity index (χ2v) is 7.00. The summed E-state index contributed by atoms with van der Waals surface area (Å²) in [5.41, 5.74) is 9.95. The lowest BCUT2D eigenvalue weighted by Crippen LogP contribution is -2.39. The normalized spacial score (nSPS) is 19.1. The molecule has 0 unspecified atom stereocenters. The molecule has 1 fully saturated rings. The summed E-state index contributed by atoms with van der Waals surface area (Å²) in [5.74, 6) is -0.182. The van der Waals surface area contributed by atoms with Crippen LogP contribution in [0.25, 0.3) is 22.6 Å². The summed E-state index contributed by atoms with van der Waals surface area (Å²) < 4.78 is 11.8. The monoisotopic (exact) mass is 382 g/mol. The van der Waals surface area contributed by atoms with Crippen LogP contribution < -0.4 is 5.73 Å². The Morgan fingerprint density at radius 3 is 2.54 bits per heavy atom. The van der Waals surface area contributed by atoms with Crippen LogP contribution in [-0.4, -0.2) is 28.2 Å². The van der Waals surface area contributed by atoms with Crippen molar-refractivity contribution >= 4 is 17.1 Å². The second-order valence-electron chi connectivity index (χ2n) is 7.00. The van der Waals surface area contributed by atoms with Gasteiger partial charge in [0.1, 0.15) is 5.52 Å². The molecule has 1 aromatic heterocycles. The SMILES string of the molecule is CC(=O)O.N[C@@H]1CCCC[C@H]1OCc1ccc(-c2nc3ccccc3o2)cc1. The number of nitrogens with zero attached hydrogens (tertiary/aromatic N) is 1. The fraction of sp³-hybridized carbons (Fsp3) is 0.364. The molecule has 0 amide bonds. The maximum Gasteiger partial charge on any atom is 0.300 e. The Balaban J connectivity index is 0.000000516. The summed E-state index contributed by atoms with van der Waals surface area (Å²) in [7, 11) is 0. The van der Waals surface area contributed by atoms with Gasteiger partial charge in [-0.25, -0.2) is 4.98 Å². The first kappa shape index (κ1) is 20.0. The number of benzene rings is 2. The van der Waals surface area contributed by atoms with Gasteiger partial charge in [-0.1, -0.05) is 37.1 Å². The van der Waals surface area contributed by atoms with Gasteiger partial charge in [0.05, 0.1) is 12.7 Å². The number of hydrogen-bond donors (Lipinski definition) is 2. The molecule has 0 bridgehead atoms. The highest BCUT2D eigenvalue weighted by atomic mass is 16.5. The molecule has 2 atom stereocenters. The third-order valence-electron chi connectivity index (χ3n) is 4.71. The molecule has 6 heteroatoms. The van der Waals surface area contributed by atoms with Gasteiger partial charge in [0, 0.05) is 18.5 Å². The molecule has 3 N–H and O–H groups in total. The van der Waals surface area contributed by atoms with Gasteiger partial charge in [0.25, 0.3) is 5.97 Å². The Labute approximate surface area is 164 Å².